The van der Waals surface area contributed by atoms with Crippen molar-refractivity contribution in [2.75, 3.05) is 19.3 Å². The van der Waals surface area contributed by atoms with Gasteiger partial charge >= 0.3 is 0 Å². The molecule has 0 saturated carbocycles. The number of fused-ring (bicyclic) bond motifs is 1. The summed E-state index contributed by atoms with van der Waals surface area (Å²) in [6.07, 6.45) is 0.714. The van der Waals surface area contributed by atoms with Gasteiger partial charge in [-0.05, 0) is 37.5 Å². The Bertz CT molecular complexity index is 569. The number of nitrogens with two attached hydrogens (primary N) is 1. The van der Waals surface area contributed by atoms with Crippen LogP contribution >= 0.6 is 0 Å². The van der Waals surface area contributed by atoms with E-state index in [1.54, 1.807) is 7.05 Å². The minimum Gasteiger partial charge on any atom is -0.398 e. The van der Waals surface area contributed by atoms with E-state index < -0.39 is 10.2 Å². The number of nitrogen functional groups attached to an aromatic ring is 1. The van der Waals surface area contributed by atoms with Crippen molar-refractivity contribution < 1.29 is 8.42 Å². The van der Waals surface area contributed by atoms with Gasteiger partial charge < -0.3 is 5.73 Å². The van der Waals surface area contributed by atoms with E-state index in [2.05, 4.69) is 0 Å². The van der Waals surface area contributed by atoms with Crippen molar-refractivity contribution in [1.82, 2.24) is 8.61 Å². The summed E-state index contributed by atoms with van der Waals surface area (Å²) in [4.78, 5) is 0. The number of benzene rings is 1. The third-order valence-electron chi connectivity index (χ3n) is 3.69. The average molecular weight is 283 g/mol. The highest BCUT2D eigenvalue weighted by molar-refractivity contribution is 7.86. The zero-order valence-corrected chi connectivity index (χ0v) is 12.4. The standard InChI is InChI=1S/C13H21N3O2S/c1-10(2)15(3)19(17,18)16-8-7-11-5-4-6-13(14)12(11)9-16/h4-6,10H,7-9,14H2,1-3H3. The molecule has 0 amide bonds. The smallest absolute Gasteiger partial charge is 0.282 e. The van der Waals surface area contributed by atoms with Crippen LogP contribution in [-0.4, -0.2) is 36.7 Å². The van der Waals surface area contributed by atoms with Gasteiger partial charge in [-0.25, -0.2) is 0 Å². The molecule has 6 heteroatoms. The largest absolute Gasteiger partial charge is 0.398 e. The zero-order chi connectivity index (χ0) is 14.2. The number of hydrogen-bond donors (Lipinski definition) is 1. The highest BCUT2D eigenvalue weighted by atomic mass is 32.2. The maximum absolute atomic E-state index is 12.5. The molecule has 2 N–H and O–H groups in total. The van der Waals surface area contributed by atoms with Gasteiger partial charge in [-0.1, -0.05) is 12.1 Å². The summed E-state index contributed by atoms with van der Waals surface area (Å²) in [5.74, 6) is 0. The molecule has 1 aliphatic heterocycles. The first-order valence-electron chi connectivity index (χ1n) is 6.43. The van der Waals surface area contributed by atoms with E-state index in [1.807, 2.05) is 32.0 Å². The second kappa shape index (κ2) is 5.11. The molecule has 0 radical (unpaired) electrons. The van der Waals surface area contributed by atoms with Crippen molar-refractivity contribution in [2.24, 2.45) is 0 Å². The molecule has 106 valence electrons. The van der Waals surface area contributed by atoms with Crippen molar-refractivity contribution in [3.8, 4) is 0 Å². The Morgan fingerprint density at radius 3 is 2.68 bits per heavy atom. The predicted octanol–water partition coefficient (Wildman–Crippen LogP) is 1.21. The molecule has 19 heavy (non-hydrogen) atoms. The summed E-state index contributed by atoms with van der Waals surface area (Å²) >= 11 is 0. The van der Waals surface area contributed by atoms with E-state index in [-0.39, 0.29) is 6.04 Å². The SMILES string of the molecule is CC(C)N(C)S(=O)(=O)N1CCc2cccc(N)c2C1. The van der Waals surface area contributed by atoms with Gasteiger partial charge in [-0.15, -0.1) is 0 Å². The van der Waals surface area contributed by atoms with E-state index >= 15 is 0 Å². The summed E-state index contributed by atoms with van der Waals surface area (Å²) in [7, 11) is -1.79. The number of anilines is 1. The lowest BCUT2D eigenvalue weighted by atomic mass is 10.00. The van der Waals surface area contributed by atoms with Gasteiger partial charge in [-0.2, -0.15) is 17.0 Å². The van der Waals surface area contributed by atoms with Crippen molar-refractivity contribution in [1.29, 1.82) is 0 Å². The molecular weight excluding hydrogens is 262 g/mol. The number of hydrogen-bond acceptors (Lipinski definition) is 3. The van der Waals surface area contributed by atoms with Crippen LogP contribution in [0.5, 0.6) is 0 Å². The van der Waals surface area contributed by atoms with Gasteiger partial charge in [0.2, 0.25) is 0 Å². The maximum Gasteiger partial charge on any atom is 0.282 e. The van der Waals surface area contributed by atoms with Crippen molar-refractivity contribution in [3.63, 3.8) is 0 Å². The summed E-state index contributed by atoms with van der Waals surface area (Å²) < 4.78 is 27.8. The summed E-state index contributed by atoms with van der Waals surface area (Å²) in [5, 5.41) is 0. The highest BCUT2D eigenvalue weighted by Crippen LogP contribution is 2.26. The molecule has 0 fully saturated rings. The highest BCUT2D eigenvalue weighted by Gasteiger charge is 2.31. The molecule has 1 aromatic carbocycles. The minimum atomic E-state index is -3.41. The normalized spacial score (nSPS) is 16.9. The van der Waals surface area contributed by atoms with Crippen LogP contribution < -0.4 is 5.73 Å². The molecule has 0 bridgehead atoms. The Balaban J connectivity index is 2.30. The predicted molar refractivity (Wildman–Crippen MR) is 76.8 cm³/mol. The molecule has 0 spiro atoms. The molecular formula is C13H21N3O2S. The van der Waals surface area contributed by atoms with Gasteiger partial charge in [0, 0.05) is 31.9 Å². The first-order valence-corrected chi connectivity index (χ1v) is 7.83. The average Bonchev–Trinajstić information content (AvgIpc) is 2.37. The zero-order valence-electron chi connectivity index (χ0n) is 11.6. The fraction of sp³-hybridized carbons (Fsp3) is 0.538. The van der Waals surface area contributed by atoms with Crippen LogP contribution in [-0.2, 0) is 23.2 Å². The van der Waals surface area contributed by atoms with Gasteiger partial charge in [0.15, 0.2) is 0 Å². The van der Waals surface area contributed by atoms with Gasteiger partial charge in [-0.3, -0.25) is 0 Å². The van der Waals surface area contributed by atoms with Gasteiger partial charge in [0.1, 0.15) is 0 Å². The molecule has 0 atom stereocenters. The lowest BCUT2D eigenvalue weighted by Gasteiger charge is -2.33. The third kappa shape index (κ3) is 2.61. The minimum absolute atomic E-state index is 0.0560. The molecule has 0 saturated heterocycles. The first kappa shape index (κ1) is 14.3. The Labute approximate surface area is 115 Å². The molecule has 0 aliphatic carbocycles. The first-order chi connectivity index (χ1) is 8.84. The topological polar surface area (TPSA) is 66.6 Å². The Morgan fingerprint density at radius 1 is 1.37 bits per heavy atom. The van der Waals surface area contributed by atoms with Crippen molar-refractivity contribution in [3.05, 3.63) is 29.3 Å². The van der Waals surface area contributed by atoms with Crippen LogP contribution in [0.1, 0.15) is 25.0 Å². The van der Waals surface area contributed by atoms with Gasteiger partial charge in [0.05, 0.1) is 0 Å². The van der Waals surface area contributed by atoms with Crippen molar-refractivity contribution >= 4 is 15.9 Å². The van der Waals surface area contributed by atoms with E-state index in [0.717, 1.165) is 11.1 Å². The molecule has 0 unspecified atom stereocenters. The third-order valence-corrected chi connectivity index (χ3v) is 5.81. The lowest BCUT2D eigenvalue weighted by molar-refractivity contribution is 0.324. The number of rotatable bonds is 3. The quantitative estimate of drug-likeness (QED) is 0.848. The van der Waals surface area contributed by atoms with Crippen LogP contribution in [0.4, 0.5) is 5.69 Å². The molecule has 1 heterocycles. The fourth-order valence-corrected chi connectivity index (χ4v) is 3.74. The summed E-state index contributed by atoms with van der Waals surface area (Å²) in [5.41, 5.74) is 8.71. The van der Waals surface area contributed by atoms with E-state index in [1.165, 1.54) is 8.61 Å². The molecule has 0 aromatic heterocycles. The van der Waals surface area contributed by atoms with Crippen LogP contribution in [0.15, 0.2) is 18.2 Å². The molecule has 1 aliphatic rings. The van der Waals surface area contributed by atoms with Crippen LogP contribution in [0.3, 0.4) is 0 Å². The van der Waals surface area contributed by atoms with Crippen LogP contribution in [0.25, 0.3) is 0 Å². The summed E-state index contributed by atoms with van der Waals surface area (Å²) in [6.45, 7) is 4.60. The molecule has 2 rings (SSSR count). The van der Waals surface area contributed by atoms with Crippen LogP contribution in [0.2, 0.25) is 0 Å². The van der Waals surface area contributed by atoms with Crippen molar-refractivity contribution in [2.45, 2.75) is 32.9 Å². The lowest BCUT2D eigenvalue weighted by Crippen LogP contribution is -2.46. The fourth-order valence-electron chi connectivity index (χ4n) is 2.23. The maximum atomic E-state index is 12.5. The van der Waals surface area contributed by atoms with E-state index in [9.17, 15) is 8.42 Å². The second-order valence-corrected chi connectivity index (χ2v) is 7.17. The second-order valence-electron chi connectivity index (χ2n) is 5.19. The number of nitrogens with zero attached hydrogens (tertiary/aromatic N) is 2. The monoisotopic (exact) mass is 283 g/mol. The molecule has 5 nitrogen and oxygen atoms in total. The van der Waals surface area contributed by atoms with Crippen LogP contribution in [0, 0.1) is 0 Å². The molecule has 1 aromatic rings. The Kier molecular flexibility index (Phi) is 3.85. The van der Waals surface area contributed by atoms with E-state index in [0.29, 0.717) is 25.2 Å². The summed E-state index contributed by atoms with van der Waals surface area (Å²) in [6, 6.07) is 5.70. The van der Waals surface area contributed by atoms with E-state index in [4.69, 9.17) is 5.73 Å². The Morgan fingerprint density at radius 2 is 2.05 bits per heavy atom. The van der Waals surface area contributed by atoms with Gasteiger partial charge in [0.25, 0.3) is 10.2 Å². The Hall–Kier alpha value is -1.11.